The number of aliphatic carboxylic acids is 1. The average molecular weight is 527 g/mol. The molecule has 8 atom stereocenters. The van der Waals surface area contributed by atoms with Gasteiger partial charge < -0.3 is 36.6 Å². The number of fused-ring (bicyclic) bond motifs is 1. The fourth-order valence-electron chi connectivity index (χ4n) is 5.70. The lowest BCUT2D eigenvalue weighted by Gasteiger charge is -2.47. The molecule has 3 amide bonds. The van der Waals surface area contributed by atoms with E-state index >= 15 is 0 Å². The number of nitrogens with zero attached hydrogens (tertiary/aromatic N) is 1. The standard InChI is InChI=1S/C23H35FN6O5S/c1-10-18-17(11(2)29-16(31)9-25-3)22(33)30(18)19(23(34)35)20(10)36-14-5-13(26-8-14)7-28-21(32)15-4-12(24)6-27-15/h10-15,17-18,25-27H,4-9H2,1-3H3,(H,28,32)(H,29,31)(H,34,35)/t10-,11-,12+,13?,14+,15?,17-,18?/m1/s1. The average Bonchev–Trinajstić information content (AvgIpc) is 3.50. The van der Waals surface area contributed by atoms with E-state index < -0.39 is 30.1 Å². The Kier molecular flexibility index (Phi) is 8.22. The van der Waals surface area contributed by atoms with E-state index in [4.69, 9.17) is 0 Å². The number of carbonyl (C=O) groups is 4. The van der Waals surface area contributed by atoms with E-state index in [1.165, 1.54) is 16.7 Å². The molecule has 13 heteroatoms. The molecule has 11 nitrogen and oxygen atoms in total. The molecular formula is C23H35FN6O5S. The van der Waals surface area contributed by atoms with Crippen LogP contribution in [0.5, 0.6) is 0 Å². The van der Waals surface area contributed by atoms with Gasteiger partial charge in [-0.2, -0.15) is 0 Å². The molecule has 3 fully saturated rings. The first-order valence-corrected chi connectivity index (χ1v) is 13.3. The second-order valence-corrected chi connectivity index (χ2v) is 11.4. The summed E-state index contributed by atoms with van der Waals surface area (Å²) in [6, 6.07) is -1.20. The van der Waals surface area contributed by atoms with Gasteiger partial charge in [0.2, 0.25) is 17.7 Å². The van der Waals surface area contributed by atoms with Gasteiger partial charge in [0.15, 0.2) is 0 Å². The van der Waals surface area contributed by atoms with Crippen molar-refractivity contribution in [2.24, 2.45) is 11.8 Å². The smallest absolute Gasteiger partial charge is 0.353 e. The highest BCUT2D eigenvalue weighted by atomic mass is 32.2. The van der Waals surface area contributed by atoms with Gasteiger partial charge in [-0.25, -0.2) is 9.18 Å². The van der Waals surface area contributed by atoms with Gasteiger partial charge in [-0.1, -0.05) is 6.92 Å². The van der Waals surface area contributed by atoms with Crippen LogP contribution in [0.15, 0.2) is 10.6 Å². The lowest BCUT2D eigenvalue weighted by molar-refractivity contribution is -0.158. The molecule has 0 aliphatic carbocycles. The van der Waals surface area contributed by atoms with Crippen LogP contribution in [0.3, 0.4) is 0 Å². The molecule has 0 bridgehead atoms. The fraction of sp³-hybridized carbons (Fsp3) is 0.739. The van der Waals surface area contributed by atoms with Crippen LogP contribution in [0, 0.1) is 11.8 Å². The Morgan fingerprint density at radius 2 is 2.00 bits per heavy atom. The van der Waals surface area contributed by atoms with Crippen LogP contribution in [0.4, 0.5) is 4.39 Å². The highest BCUT2D eigenvalue weighted by Crippen LogP contribution is 2.51. The monoisotopic (exact) mass is 526 g/mol. The summed E-state index contributed by atoms with van der Waals surface area (Å²) in [7, 11) is 1.66. The Labute approximate surface area is 213 Å². The summed E-state index contributed by atoms with van der Waals surface area (Å²) in [5.41, 5.74) is 0.0392. The number of alkyl halides is 1. The number of carboxylic acid groups (broad SMARTS) is 1. The molecule has 3 unspecified atom stereocenters. The summed E-state index contributed by atoms with van der Waals surface area (Å²) in [6.45, 7) is 5.09. The molecule has 0 aromatic carbocycles. The van der Waals surface area contributed by atoms with Crippen molar-refractivity contribution in [3.05, 3.63) is 10.6 Å². The summed E-state index contributed by atoms with van der Waals surface area (Å²) >= 11 is 1.48. The highest BCUT2D eigenvalue weighted by molar-refractivity contribution is 8.03. The van der Waals surface area contributed by atoms with Gasteiger partial charge in [0.1, 0.15) is 11.9 Å². The second kappa shape index (κ2) is 11.0. The molecule has 3 saturated heterocycles. The third-order valence-electron chi connectivity index (χ3n) is 7.45. The molecule has 4 rings (SSSR count). The number of hydrogen-bond acceptors (Lipinski definition) is 8. The van der Waals surface area contributed by atoms with Gasteiger partial charge in [-0.15, -0.1) is 11.8 Å². The zero-order chi connectivity index (χ0) is 26.1. The summed E-state index contributed by atoms with van der Waals surface area (Å²) in [6.07, 6.45) is -0.0979. The summed E-state index contributed by atoms with van der Waals surface area (Å²) < 4.78 is 13.3. The van der Waals surface area contributed by atoms with E-state index in [0.29, 0.717) is 18.0 Å². The molecule has 0 saturated carbocycles. The molecule has 200 valence electrons. The summed E-state index contributed by atoms with van der Waals surface area (Å²) in [5.74, 6) is -2.49. The van der Waals surface area contributed by atoms with Gasteiger partial charge in [0.25, 0.3) is 0 Å². The SMILES string of the molecule is CNCC(=O)N[C@H](C)[C@H]1C(=O)N2C(C(=O)O)=C(S[C@@H]3CNC(CNC(=O)C4C[C@H](F)CN4)C3)[C@H](C)C12. The minimum atomic E-state index is -1.13. The maximum Gasteiger partial charge on any atom is 0.353 e. The molecular weight excluding hydrogens is 491 g/mol. The van der Waals surface area contributed by atoms with Gasteiger partial charge >= 0.3 is 5.97 Å². The minimum Gasteiger partial charge on any atom is -0.477 e. The van der Waals surface area contributed by atoms with Crippen LogP contribution >= 0.6 is 11.8 Å². The van der Waals surface area contributed by atoms with Crippen molar-refractivity contribution >= 4 is 35.5 Å². The van der Waals surface area contributed by atoms with E-state index in [1.54, 1.807) is 14.0 Å². The summed E-state index contributed by atoms with van der Waals surface area (Å²) in [5, 5.41) is 24.7. The third-order valence-corrected chi connectivity index (χ3v) is 8.96. The molecule has 0 aromatic heterocycles. The van der Waals surface area contributed by atoms with Crippen molar-refractivity contribution in [2.45, 2.75) is 62.3 Å². The molecule has 4 aliphatic rings. The Bertz CT molecular complexity index is 950. The zero-order valence-electron chi connectivity index (χ0n) is 20.7. The van der Waals surface area contributed by atoms with Gasteiger partial charge in [-0.3, -0.25) is 14.4 Å². The lowest BCUT2D eigenvalue weighted by Crippen LogP contribution is -2.66. The van der Waals surface area contributed by atoms with Crippen LogP contribution in [-0.2, 0) is 19.2 Å². The van der Waals surface area contributed by atoms with Gasteiger partial charge in [0, 0.05) is 54.2 Å². The predicted molar refractivity (Wildman–Crippen MR) is 132 cm³/mol. The molecule has 0 spiro atoms. The Morgan fingerprint density at radius 1 is 1.25 bits per heavy atom. The summed E-state index contributed by atoms with van der Waals surface area (Å²) in [4.78, 5) is 51.4. The molecule has 4 heterocycles. The molecule has 0 aromatic rings. The van der Waals surface area contributed by atoms with Crippen LogP contribution in [0.2, 0.25) is 0 Å². The number of β-lactam (4-membered cyclic amide) rings is 1. The van der Waals surface area contributed by atoms with E-state index in [9.17, 15) is 28.7 Å². The largest absolute Gasteiger partial charge is 0.477 e. The number of nitrogens with one attached hydrogen (secondary N) is 5. The van der Waals surface area contributed by atoms with Crippen molar-refractivity contribution in [1.29, 1.82) is 0 Å². The molecule has 36 heavy (non-hydrogen) atoms. The maximum absolute atomic E-state index is 13.3. The van der Waals surface area contributed by atoms with Crippen molar-refractivity contribution in [1.82, 2.24) is 31.5 Å². The number of amides is 3. The van der Waals surface area contributed by atoms with Crippen LogP contribution in [0.25, 0.3) is 0 Å². The number of thioether (sulfide) groups is 1. The number of carboxylic acids is 1. The lowest BCUT2D eigenvalue weighted by atomic mass is 9.78. The van der Waals surface area contributed by atoms with E-state index in [2.05, 4.69) is 26.6 Å². The number of rotatable bonds is 10. The predicted octanol–water partition coefficient (Wildman–Crippen LogP) is -1.24. The van der Waals surface area contributed by atoms with Gasteiger partial charge in [-0.05, 0) is 20.4 Å². The first-order chi connectivity index (χ1) is 17.1. The molecule has 0 radical (unpaired) electrons. The number of hydrogen-bond donors (Lipinski definition) is 6. The van der Waals surface area contributed by atoms with E-state index in [0.717, 1.165) is 6.42 Å². The van der Waals surface area contributed by atoms with Crippen LogP contribution < -0.4 is 26.6 Å². The number of likely N-dealkylation sites (N-methyl/N-ethyl adjacent to an activating group) is 1. The van der Waals surface area contributed by atoms with Crippen LogP contribution in [-0.4, -0.2) is 103 Å². The normalized spacial score (nSPS) is 34.4. The Balaban J connectivity index is 1.35. The van der Waals surface area contributed by atoms with Crippen LogP contribution in [0.1, 0.15) is 26.7 Å². The van der Waals surface area contributed by atoms with Gasteiger partial charge in [0.05, 0.1) is 24.5 Å². The quantitative estimate of drug-likeness (QED) is 0.192. The molecule has 6 N–H and O–H groups in total. The van der Waals surface area contributed by atoms with E-state index in [-0.39, 0.29) is 66.2 Å². The zero-order valence-corrected chi connectivity index (χ0v) is 21.5. The Hall–Kier alpha value is -2.22. The van der Waals surface area contributed by atoms with E-state index in [1.807, 2.05) is 6.92 Å². The van der Waals surface area contributed by atoms with Crippen molar-refractivity contribution in [3.8, 4) is 0 Å². The second-order valence-electron chi connectivity index (χ2n) is 10.0. The van der Waals surface area contributed by atoms with Crippen molar-refractivity contribution in [3.63, 3.8) is 0 Å². The van der Waals surface area contributed by atoms with Crippen molar-refractivity contribution < 1.29 is 28.7 Å². The number of halogens is 1. The molecule has 4 aliphatic heterocycles. The highest BCUT2D eigenvalue weighted by Gasteiger charge is 2.60. The van der Waals surface area contributed by atoms with Crippen molar-refractivity contribution in [2.75, 3.05) is 33.2 Å². The first kappa shape index (κ1) is 26.8. The fourth-order valence-corrected chi connectivity index (χ4v) is 7.22. The minimum absolute atomic E-state index is 0.0217. The number of carbonyl (C=O) groups excluding carboxylic acids is 3. The Morgan fingerprint density at radius 3 is 2.64 bits per heavy atom. The first-order valence-electron chi connectivity index (χ1n) is 12.4. The maximum atomic E-state index is 13.3. The third kappa shape index (κ3) is 5.24. The topological polar surface area (TPSA) is 152 Å².